The second kappa shape index (κ2) is 10.9. The molecule has 0 amide bonds. The van der Waals surface area contributed by atoms with Gasteiger partial charge in [-0.2, -0.15) is 0 Å². The Labute approximate surface area is 255 Å². The lowest BCUT2D eigenvalue weighted by atomic mass is 9.88. The summed E-state index contributed by atoms with van der Waals surface area (Å²) in [7, 11) is 0. The summed E-state index contributed by atoms with van der Waals surface area (Å²) in [5.74, 6) is 1.40. The van der Waals surface area contributed by atoms with Crippen molar-refractivity contribution in [3.8, 4) is 11.5 Å². The van der Waals surface area contributed by atoms with Crippen molar-refractivity contribution in [3.05, 3.63) is 82.9 Å². The second-order valence-corrected chi connectivity index (χ2v) is 12.5. The third kappa shape index (κ3) is 4.91. The predicted molar refractivity (Wildman–Crippen MR) is 161 cm³/mol. The van der Waals surface area contributed by atoms with Crippen LogP contribution in [0.3, 0.4) is 0 Å². The summed E-state index contributed by atoms with van der Waals surface area (Å²) in [6.07, 6.45) is 5.04. The van der Waals surface area contributed by atoms with Crippen LogP contribution in [0.2, 0.25) is 0 Å². The molecule has 2 aromatic carbocycles. The highest BCUT2D eigenvalue weighted by Gasteiger charge is 2.42. The third-order valence-corrected chi connectivity index (χ3v) is 9.62. The van der Waals surface area contributed by atoms with Gasteiger partial charge in [-0.15, -0.1) is 0 Å². The lowest BCUT2D eigenvalue weighted by Gasteiger charge is -2.33. The molecule has 0 radical (unpaired) electrons. The first kappa shape index (κ1) is 27.6. The molecule has 2 aromatic heterocycles. The summed E-state index contributed by atoms with van der Waals surface area (Å²) in [6.45, 7) is 7.45. The fourth-order valence-corrected chi connectivity index (χ4v) is 6.78. The number of hydrogen-bond acceptors (Lipinski definition) is 8. The van der Waals surface area contributed by atoms with E-state index in [1.165, 1.54) is 11.1 Å². The van der Waals surface area contributed by atoms with Crippen LogP contribution >= 0.6 is 0 Å². The monoisotopic (exact) mass is 596 g/mol. The number of carbonyl (C=O) groups is 1. The minimum absolute atomic E-state index is 0.143. The highest BCUT2D eigenvalue weighted by molar-refractivity contribution is 5.92. The van der Waals surface area contributed by atoms with Crippen LogP contribution < -0.4 is 9.47 Å². The molecular weight excluding hydrogens is 560 g/mol. The van der Waals surface area contributed by atoms with Crippen LogP contribution in [0, 0.1) is 0 Å². The van der Waals surface area contributed by atoms with Gasteiger partial charge in [-0.1, -0.05) is 18.2 Å². The number of aromatic nitrogens is 3. The Kier molecular flexibility index (Phi) is 6.81. The number of hydrogen-bond donors (Lipinski definition) is 1. The number of rotatable bonds is 8. The Bertz CT molecular complexity index is 1710. The van der Waals surface area contributed by atoms with Gasteiger partial charge in [0.2, 0.25) is 0 Å². The van der Waals surface area contributed by atoms with Crippen molar-refractivity contribution in [3.63, 3.8) is 0 Å². The first-order valence-corrected chi connectivity index (χ1v) is 15.5. The molecule has 4 aromatic rings. The molecule has 2 atom stereocenters. The summed E-state index contributed by atoms with van der Waals surface area (Å²) in [5.41, 5.74) is 5.07. The number of fused-ring (bicyclic) bond motifs is 2. The Morgan fingerprint density at radius 2 is 1.89 bits per heavy atom. The number of ether oxygens (including phenoxy) is 4. The molecule has 0 unspecified atom stereocenters. The molecular formula is C34H36N4O6. The largest absolute Gasteiger partial charge is 0.478 e. The maximum Gasteiger partial charge on any atom is 0.335 e. The van der Waals surface area contributed by atoms with Crippen molar-refractivity contribution < 1.29 is 28.8 Å². The Hall–Kier alpha value is -3.99. The minimum Gasteiger partial charge on any atom is -0.478 e. The minimum atomic E-state index is -0.975. The third-order valence-electron chi connectivity index (χ3n) is 9.62. The Balaban J connectivity index is 0.969. The number of aromatic carboxylic acids is 1. The van der Waals surface area contributed by atoms with E-state index in [0.717, 1.165) is 86.2 Å². The molecule has 0 spiro atoms. The zero-order valence-electron chi connectivity index (χ0n) is 24.8. The molecule has 3 saturated heterocycles. The van der Waals surface area contributed by atoms with E-state index in [1.54, 1.807) is 12.1 Å². The van der Waals surface area contributed by atoms with E-state index in [9.17, 15) is 9.90 Å². The summed E-state index contributed by atoms with van der Waals surface area (Å²) in [4.78, 5) is 23.7. The van der Waals surface area contributed by atoms with Crippen molar-refractivity contribution in [2.45, 2.75) is 63.0 Å². The summed E-state index contributed by atoms with van der Waals surface area (Å²) in [5, 5.41) is 9.56. The number of carboxylic acids is 1. The van der Waals surface area contributed by atoms with Gasteiger partial charge in [-0.3, -0.25) is 9.88 Å². The topological polar surface area (TPSA) is 108 Å². The molecule has 4 aliphatic rings. The number of nitrogens with zero attached hydrogens (tertiary/aromatic N) is 4. The second-order valence-electron chi connectivity index (χ2n) is 12.5. The molecule has 228 valence electrons. The zero-order valence-corrected chi connectivity index (χ0v) is 24.8. The van der Waals surface area contributed by atoms with Gasteiger partial charge in [0, 0.05) is 31.2 Å². The van der Waals surface area contributed by atoms with E-state index in [1.807, 2.05) is 31.3 Å². The quantitative estimate of drug-likeness (QED) is 0.299. The van der Waals surface area contributed by atoms with Crippen LogP contribution in [0.4, 0.5) is 0 Å². The van der Waals surface area contributed by atoms with Crippen LogP contribution in [0.15, 0.2) is 54.7 Å². The molecule has 3 fully saturated rings. The van der Waals surface area contributed by atoms with Gasteiger partial charge < -0.3 is 28.6 Å². The highest BCUT2D eigenvalue weighted by atomic mass is 16.7. The fourth-order valence-electron chi connectivity index (χ4n) is 6.78. The van der Waals surface area contributed by atoms with Gasteiger partial charge in [-0.05, 0) is 74.2 Å². The average molecular weight is 597 g/mol. The van der Waals surface area contributed by atoms with Crippen LogP contribution in [-0.2, 0) is 28.4 Å². The molecule has 0 bridgehead atoms. The molecule has 0 aliphatic carbocycles. The number of likely N-dealkylation sites (tertiary alicyclic amines) is 1. The van der Waals surface area contributed by atoms with Crippen molar-refractivity contribution in [1.29, 1.82) is 0 Å². The summed E-state index contributed by atoms with van der Waals surface area (Å²) in [6, 6.07) is 15.5. The predicted octanol–water partition coefficient (Wildman–Crippen LogP) is 5.06. The van der Waals surface area contributed by atoms with E-state index >= 15 is 0 Å². The number of piperidine rings is 1. The molecule has 4 aliphatic heterocycles. The van der Waals surface area contributed by atoms with Crippen molar-refractivity contribution in [1.82, 2.24) is 19.4 Å². The van der Waals surface area contributed by atoms with Crippen molar-refractivity contribution >= 4 is 17.0 Å². The number of para-hydroxylation sites is 1. The van der Waals surface area contributed by atoms with E-state index in [-0.39, 0.29) is 11.7 Å². The van der Waals surface area contributed by atoms with Crippen LogP contribution in [0.1, 0.15) is 71.0 Å². The maximum absolute atomic E-state index is 11.7. The van der Waals surface area contributed by atoms with Gasteiger partial charge in [0.25, 0.3) is 5.79 Å². The van der Waals surface area contributed by atoms with E-state index in [2.05, 4.69) is 27.7 Å². The van der Waals surface area contributed by atoms with Gasteiger partial charge >= 0.3 is 5.97 Å². The van der Waals surface area contributed by atoms with Crippen molar-refractivity contribution in [2.75, 3.05) is 32.9 Å². The zero-order chi connectivity index (χ0) is 29.8. The summed E-state index contributed by atoms with van der Waals surface area (Å²) >= 11 is 0. The summed E-state index contributed by atoms with van der Waals surface area (Å²) < 4.78 is 26.2. The van der Waals surface area contributed by atoms with Gasteiger partial charge in [-0.25, -0.2) is 9.78 Å². The molecule has 0 saturated carbocycles. The average Bonchev–Trinajstić information content (AvgIpc) is 3.51. The highest BCUT2D eigenvalue weighted by Crippen LogP contribution is 2.49. The van der Waals surface area contributed by atoms with Gasteiger partial charge in [0.05, 0.1) is 49.0 Å². The lowest BCUT2D eigenvalue weighted by Crippen LogP contribution is -2.35. The molecule has 8 rings (SSSR count). The van der Waals surface area contributed by atoms with Gasteiger partial charge in [0.15, 0.2) is 11.5 Å². The Morgan fingerprint density at radius 1 is 1.05 bits per heavy atom. The van der Waals surface area contributed by atoms with Crippen LogP contribution in [0.25, 0.3) is 11.0 Å². The van der Waals surface area contributed by atoms with Crippen LogP contribution in [-0.4, -0.2) is 69.5 Å². The number of carboxylic acid groups (broad SMARTS) is 1. The lowest BCUT2D eigenvalue weighted by molar-refractivity contribution is -0.0723. The van der Waals surface area contributed by atoms with Gasteiger partial charge in [0.1, 0.15) is 11.5 Å². The smallest absolute Gasteiger partial charge is 0.335 e. The number of pyridine rings is 1. The normalized spacial score (nSPS) is 23.9. The standard InChI is InChI=1S/C34H36N4O6/c1-34(30-8-6-23(16-35-30)24-19-41-20-24)43-29-4-2-3-26(32(29)44-34)21-9-12-37(13-10-21)18-31-36-27-7-5-22(33(39)40)15-28(27)38(31)17-25-11-14-42-25/h2-8,15-16,21,24-25H,9-14,17-20H2,1H3,(H,39,40)/t25-,34-/m0/s1. The molecule has 1 N–H and O–H groups in total. The molecule has 44 heavy (non-hydrogen) atoms. The maximum atomic E-state index is 11.7. The Morgan fingerprint density at radius 3 is 2.57 bits per heavy atom. The number of benzene rings is 2. The molecule has 10 heteroatoms. The molecule has 6 heterocycles. The number of imidazole rings is 1. The van der Waals surface area contributed by atoms with Crippen LogP contribution in [0.5, 0.6) is 11.5 Å². The molecule has 10 nitrogen and oxygen atoms in total. The first-order chi connectivity index (χ1) is 21.4. The van der Waals surface area contributed by atoms with E-state index in [4.69, 9.17) is 28.9 Å². The SMILES string of the molecule is C[C@]1(c2ccc(C3COC3)cn2)Oc2cccc(C3CCN(Cc4nc5ccc(C(=O)O)cc5n4C[C@@H]4CCO4)CC3)c2O1. The van der Waals surface area contributed by atoms with E-state index < -0.39 is 11.8 Å². The van der Waals surface area contributed by atoms with Crippen molar-refractivity contribution in [2.24, 2.45) is 0 Å². The fraction of sp³-hybridized carbons (Fsp3) is 0.441. The first-order valence-electron chi connectivity index (χ1n) is 15.5. The van der Waals surface area contributed by atoms with E-state index in [0.29, 0.717) is 24.9 Å².